The minimum atomic E-state index is -0.174. The normalized spacial score (nSPS) is 13.6. The van der Waals surface area contributed by atoms with Crippen LogP contribution in [0.3, 0.4) is 0 Å². The van der Waals surface area contributed by atoms with Gasteiger partial charge in [-0.05, 0) is 25.7 Å². The summed E-state index contributed by atoms with van der Waals surface area (Å²) in [6.45, 7) is 2.39. The first kappa shape index (κ1) is 13.7. The lowest BCUT2D eigenvalue weighted by molar-refractivity contribution is 0.163. The van der Waals surface area contributed by atoms with Crippen LogP contribution in [-0.4, -0.2) is 22.9 Å². The molecule has 1 atom stereocenters. The summed E-state index contributed by atoms with van der Waals surface area (Å²) in [6, 6.07) is 0. The van der Waals surface area contributed by atoms with Crippen molar-refractivity contribution in [3.8, 4) is 0 Å². The minimum absolute atomic E-state index is 0.174. The van der Waals surface area contributed by atoms with Crippen molar-refractivity contribution in [3.05, 3.63) is 12.2 Å². The number of hydrogen-bond donors (Lipinski definition) is 2. The van der Waals surface area contributed by atoms with E-state index in [1.807, 2.05) is 0 Å². The third-order valence-corrected chi connectivity index (χ3v) is 2.26. The molecule has 0 rings (SSSR count). The van der Waals surface area contributed by atoms with Gasteiger partial charge in [-0.15, -0.1) is 0 Å². The van der Waals surface area contributed by atoms with Crippen LogP contribution in [-0.2, 0) is 0 Å². The van der Waals surface area contributed by atoms with Gasteiger partial charge in [-0.3, -0.25) is 0 Å². The molecule has 1 unspecified atom stereocenters. The van der Waals surface area contributed by atoms with Crippen LogP contribution < -0.4 is 0 Å². The molecule has 0 aromatic heterocycles. The van der Waals surface area contributed by atoms with Gasteiger partial charge in [-0.1, -0.05) is 38.3 Å². The van der Waals surface area contributed by atoms with Crippen LogP contribution in [0.1, 0.15) is 51.9 Å². The zero-order chi connectivity index (χ0) is 10.6. The first-order chi connectivity index (χ1) is 6.81. The zero-order valence-electron chi connectivity index (χ0n) is 9.28. The molecule has 2 heteroatoms. The third kappa shape index (κ3) is 9.75. The smallest absolute Gasteiger partial charge is 0.0574 e. The molecule has 0 aromatic rings. The Morgan fingerprint density at radius 1 is 1.07 bits per heavy atom. The largest absolute Gasteiger partial charge is 0.396 e. The summed E-state index contributed by atoms with van der Waals surface area (Å²) in [5, 5.41) is 18.1. The van der Waals surface area contributed by atoms with E-state index in [0.29, 0.717) is 6.61 Å². The van der Waals surface area contributed by atoms with Crippen molar-refractivity contribution in [3.63, 3.8) is 0 Å². The SMILES string of the molecule is CC/C=C/CC(O)CCCCCCO. The number of unbranched alkanes of at least 4 members (excludes halogenated alkanes) is 3. The molecule has 2 N–H and O–H groups in total. The number of rotatable bonds is 9. The van der Waals surface area contributed by atoms with Crippen molar-refractivity contribution < 1.29 is 10.2 Å². The van der Waals surface area contributed by atoms with E-state index < -0.39 is 0 Å². The molecule has 0 amide bonds. The van der Waals surface area contributed by atoms with Gasteiger partial charge >= 0.3 is 0 Å². The summed E-state index contributed by atoms with van der Waals surface area (Å²) < 4.78 is 0. The number of hydrogen-bond acceptors (Lipinski definition) is 2. The summed E-state index contributed by atoms with van der Waals surface area (Å²) in [6.07, 6.45) is 10.9. The highest BCUT2D eigenvalue weighted by Crippen LogP contribution is 2.08. The van der Waals surface area contributed by atoms with Crippen LogP contribution in [0.4, 0.5) is 0 Å². The average molecular weight is 200 g/mol. The van der Waals surface area contributed by atoms with Gasteiger partial charge in [0.2, 0.25) is 0 Å². The van der Waals surface area contributed by atoms with Crippen LogP contribution >= 0.6 is 0 Å². The molecule has 0 aliphatic rings. The third-order valence-electron chi connectivity index (χ3n) is 2.26. The van der Waals surface area contributed by atoms with Gasteiger partial charge in [0.1, 0.15) is 0 Å². The Balaban J connectivity index is 3.18. The summed E-state index contributed by atoms with van der Waals surface area (Å²) in [7, 11) is 0. The quantitative estimate of drug-likeness (QED) is 0.444. The molecule has 0 bridgehead atoms. The molecule has 0 fully saturated rings. The average Bonchev–Trinajstić information content (AvgIpc) is 2.18. The van der Waals surface area contributed by atoms with Crippen LogP contribution in [0.15, 0.2) is 12.2 Å². The molecular formula is C12H24O2. The maximum absolute atomic E-state index is 9.53. The Bertz CT molecular complexity index is 132. The molecular weight excluding hydrogens is 176 g/mol. The highest BCUT2D eigenvalue weighted by atomic mass is 16.3. The summed E-state index contributed by atoms with van der Waals surface area (Å²) in [4.78, 5) is 0. The Kier molecular flexibility index (Phi) is 10.5. The van der Waals surface area contributed by atoms with Gasteiger partial charge in [-0.2, -0.15) is 0 Å². The lowest BCUT2D eigenvalue weighted by Crippen LogP contribution is -2.04. The minimum Gasteiger partial charge on any atom is -0.396 e. The van der Waals surface area contributed by atoms with Crippen molar-refractivity contribution in [2.75, 3.05) is 6.61 Å². The predicted octanol–water partition coefficient (Wildman–Crippen LogP) is 2.65. The zero-order valence-corrected chi connectivity index (χ0v) is 9.28. The van der Waals surface area contributed by atoms with Crippen molar-refractivity contribution in [1.82, 2.24) is 0 Å². The maximum atomic E-state index is 9.53. The first-order valence-electron chi connectivity index (χ1n) is 5.75. The number of aliphatic hydroxyl groups is 2. The molecule has 0 radical (unpaired) electrons. The summed E-state index contributed by atoms with van der Waals surface area (Å²) in [5.41, 5.74) is 0. The fraction of sp³-hybridized carbons (Fsp3) is 0.833. The van der Waals surface area contributed by atoms with E-state index in [1.54, 1.807) is 0 Å². The maximum Gasteiger partial charge on any atom is 0.0574 e. The second-order valence-electron chi connectivity index (χ2n) is 3.70. The molecule has 2 nitrogen and oxygen atoms in total. The van der Waals surface area contributed by atoms with Crippen LogP contribution in [0.5, 0.6) is 0 Å². The lowest BCUT2D eigenvalue weighted by Gasteiger charge is -2.06. The molecule has 0 aliphatic carbocycles. The van der Waals surface area contributed by atoms with E-state index in [2.05, 4.69) is 19.1 Å². The van der Waals surface area contributed by atoms with Crippen molar-refractivity contribution in [1.29, 1.82) is 0 Å². The van der Waals surface area contributed by atoms with Crippen LogP contribution in [0.2, 0.25) is 0 Å². The predicted molar refractivity (Wildman–Crippen MR) is 60.2 cm³/mol. The van der Waals surface area contributed by atoms with Crippen molar-refractivity contribution in [2.24, 2.45) is 0 Å². The molecule has 84 valence electrons. The van der Waals surface area contributed by atoms with Gasteiger partial charge in [0.25, 0.3) is 0 Å². The monoisotopic (exact) mass is 200 g/mol. The van der Waals surface area contributed by atoms with Gasteiger partial charge in [0, 0.05) is 6.61 Å². The van der Waals surface area contributed by atoms with E-state index in [9.17, 15) is 5.11 Å². The van der Waals surface area contributed by atoms with Gasteiger partial charge in [0.05, 0.1) is 6.10 Å². The van der Waals surface area contributed by atoms with Crippen LogP contribution in [0.25, 0.3) is 0 Å². The van der Waals surface area contributed by atoms with Gasteiger partial charge < -0.3 is 10.2 Å². The second-order valence-corrected chi connectivity index (χ2v) is 3.70. The van der Waals surface area contributed by atoms with Gasteiger partial charge in [-0.25, -0.2) is 0 Å². The summed E-state index contributed by atoms with van der Waals surface area (Å²) >= 11 is 0. The fourth-order valence-corrected chi connectivity index (χ4v) is 1.38. The highest BCUT2D eigenvalue weighted by molar-refractivity contribution is 4.82. The molecule has 0 aliphatic heterocycles. The Morgan fingerprint density at radius 3 is 2.43 bits per heavy atom. The molecule has 0 aromatic carbocycles. The Hall–Kier alpha value is -0.340. The molecule has 0 saturated heterocycles. The molecule has 0 saturated carbocycles. The molecule has 0 spiro atoms. The number of aliphatic hydroxyl groups excluding tert-OH is 2. The van der Waals surface area contributed by atoms with E-state index >= 15 is 0 Å². The Morgan fingerprint density at radius 2 is 1.79 bits per heavy atom. The first-order valence-corrected chi connectivity index (χ1v) is 5.75. The Labute approximate surface area is 87.7 Å². The van der Waals surface area contributed by atoms with Crippen molar-refractivity contribution >= 4 is 0 Å². The standard InChI is InChI=1S/C12H24O2/c1-2-3-6-9-12(14)10-7-4-5-8-11-13/h3,6,12-14H,2,4-5,7-11H2,1H3/b6-3+. The van der Waals surface area contributed by atoms with Gasteiger partial charge in [0.15, 0.2) is 0 Å². The summed E-state index contributed by atoms with van der Waals surface area (Å²) in [5.74, 6) is 0. The van der Waals surface area contributed by atoms with E-state index in [0.717, 1.165) is 44.9 Å². The molecule has 0 heterocycles. The molecule has 14 heavy (non-hydrogen) atoms. The van der Waals surface area contributed by atoms with Crippen molar-refractivity contribution in [2.45, 2.75) is 58.0 Å². The number of allylic oxidation sites excluding steroid dienone is 1. The lowest BCUT2D eigenvalue weighted by atomic mass is 10.1. The fourth-order valence-electron chi connectivity index (χ4n) is 1.38. The van der Waals surface area contributed by atoms with E-state index in [1.165, 1.54) is 0 Å². The second kappa shape index (κ2) is 10.7. The van der Waals surface area contributed by atoms with E-state index in [4.69, 9.17) is 5.11 Å². The highest BCUT2D eigenvalue weighted by Gasteiger charge is 2.00. The van der Waals surface area contributed by atoms with E-state index in [-0.39, 0.29) is 6.10 Å². The van der Waals surface area contributed by atoms with Crippen LogP contribution in [0, 0.1) is 0 Å². The topological polar surface area (TPSA) is 40.5 Å².